The number of halogens is 1. The average Bonchev–Trinajstić information content (AvgIpc) is 2.69. The summed E-state index contributed by atoms with van der Waals surface area (Å²) >= 11 is 5.37. The van der Waals surface area contributed by atoms with Crippen LogP contribution in [0.2, 0.25) is 0 Å². The van der Waals surface area contributed by atoms with Crippen LogP contribution in [0.15, 0.2) is 15.9 Å². The molecule has 2 rings (SSSR count). The van der Waals surface area contributed by atoms with E-state index in [2.05, 4.69) is 39.7 Å². The van der Waals surface area contributed by atoms with Crippen LogP contribution in [-0.4, -0.2) is 25.8 Å². The van der Waals surface area contributed by atoms with E-state index in [1.54, 1.807) is 0 Å². The molecule has 0 aromatic carbocycles. The van der Waals surface area contributed by atoms with Crippen molar-refractivity contribution in [2.75, 3.05) is 14.2 Å². The number of methoxy groups -OCH3 is 1. The molecule has 1 aliphatic rings. The summed E-state index contributed by atoms with van der Waals surface area (Å²) in [6, 6.07) is 2.64. The Hall–Kier alpha value is 0.1000. The minimum Gasteiger partial charge on any atom is -0.377 e. The third kappa shape index (κ3) is 3.81. The van der Waals surface area contributed by atoms with Crippen molar-refractivity contribution in [1.29, 1.82) is 0 Å². The molecule has 1 heterocycles. The van der Waals surface area contributed by atoms with Crippen molar-refractivity contribution in [3.63, 3.8) is 0 Å². The second-order valence-electron chi connectivity index (χ2n) is 5.46. The molecule has 1 N–H and O–H groups in total. The third-order valence-corrected chi connectivity index (χ3v) is 6.09. The summed E-state index contributed by atoms with van der Waals surface area (Å²) in [6.07, 6.45) is 8.71. The van der Waals surface area contributed by atoms with E-state index in [1.807, 2.05) is 18.4 Å². The van der Waals surface area contributed by atoms with Gasteiger partial charge in [-0.3, -0.25) is 0 Å². The molecule has 1 fully saturated rings. The predicted octanol–water partition coefficient (Wildman–Crippen LogP) is 4.38. The molecule has 1 aromatic rings. The molecule has 108 valence electrons. The summed E-state index contributed by atoms with van der Waals surface area (Å²) in [5.74, 6) is 0. The van der Waals surface area contributed by atoms with E-state index in [-0.39, 0.29) is 5.60 Å². The lowest BCUT2D eigenvalue weighted by Crippen LogP contribution is -2.51. The van der Waals surface area contributed by atoms with Crippen LogP contribution in [0.5, 0.6) is 0 Å². The lowest BCUT2D eigenvalue weighted by atomic mass is 9.84. The van der Waals surface area contributed by atoms with Gasteiger partial charge in [0.15, 0.2) is 0 Å². The summed E-state index contributed by atoms with van der Waals surface area (Å²) in [4.78, 5) is 1.42. The Bertz CT molecular complexity index is 385. The van der Waals surface area contributed by atoms with E-state index in [1.165, 1.54) is 47.9 Å². The highest BCUT2D eigenvalue weighted by Gasteiger charge is 2.38. The molecule has 0 bridgehead atoms. The number of thiophene rings is 1. The van der Waals surface area contributed by atoms with Crippen molar-refractivity contribution in [2.45, 2.75) is 56.6 Å². The van der Waals surface area contributed by atoms with Crippen LogP contribution in [0.25, 0.3) is 0 Å². The SMILES string of the molecule is CNC(Cc1cc(Br)cs1)C1(OC)CCCCCC1. The Balaban J connectivity index is 2.12. The number of hydrogen-bond acceptors (Lipinski definition) is 3. The normalized spacial score (nSPS) is 21.0. The molecule has 0 spiro atoms. The zero-order valence-electron chi connectivity index (χ0n) is 11.9. The molecular formula is C15H24BrNOS. The van der Waals surface area contributed by atoms with Gasteiger partial charge < -0.3 is 10.1 Å². The number of hydrogen-bond donors (Lipinski definition) is 1. The van der Waals surface area contributed by atoms with Crippen molar-refractivity contribution >= 4 is 27.3 Å². The smallest absolute Gasteiger partial charge is 0.0834 e. The first-order valence-electron chi connectivity index (χ1n) is 7.15. The summed E-state index contributed by atoms with van der Waals surface area (Å²) in [6.45, 7) is 0. The van der Waals surface area contributed by atoms with Crippen molar-refractivity contribution in [3.8, 4) is 0 Å². The first kappa shape index (κ1) is 15.5. The Labute approximate surface area is 129 Å². The first-order valence-corrected chi connectivity index (χ1v) is 8.83. The first-order chi connectivity index (χ1) is 9.20. The van der Waals surface area contributed by atoms with Gasteiger partial charge in [-0.25, -0.2) is 0 Å². The van der Waals surface area contributed by atoms with E-state index < -0.39 is 0 Å². The van der Waals surface area contributed by atoms with Gasteiger partial charge in [0.25, 0.3) is 0 Å². The molecule has 1 aliphatic carbocycles. The molecule has 19 heavy (non-hydrogen) atoms. The maximum absolute atomic E-state index is 6.02. The van der Waals surface area contributed by atoms with Gasteiger partial charge in [0.05, 0.1) is 5.60 Å². The number of likely N-dealkylation sites (N-methyl/N-ethyl adjacent to an activating group) is 1. The molecule has 1 unspecified atom stereocenters. The van der Waals surface area contributed by atoms with E-state index in [0.717, 1.165) is 6.42 Å². The minimum atomic E-state index is 0.0156. The van der Waals surface area contributed by atoms with Gasteiger partial charge in [-0.15, -0.1) is 11.3 Å². The fourth-order valence-electron chi connectivity index (χ4n) is 3.24. The van der Waals surface area contributed by atoms with Crippen molar-refractivity contribution in [1.82, 2.24) is 5.32 Å². The number of rotatable bonds is 5. The zero-order chi connectivity index (χ0) is 13.7. The summed E-state index contributed by atoms with van der Waals surface area (Å²) < 4.78 is 7.21. The highest BCUT2D eigenvalue weighted by Crippen LogP contribution is 2.35. The van der Waals surface area contributed by atoms with Crippen LogP contribution in [-0.2, 0) is 11.2 Å². The van der Waals surface area contributed by atoms with E-state index in [4.69, 9.17) is 4.74 Å². The molecule has 0 aliphatic heterocycles. The van der Waals surface area contributed by atoms with Crippen LogP contribution >= 0.6 is 27.3 Å². The van der Waals surface area contributed by atoms with Gasteiger partial charge in [0, 0.05) is 27.9 Å². The van der Waals surface area contributed by atoms with Crippen LogP contribution < -0.4 is 5.32 Å². The number of nitrogens with one attached hydrogen (secondary N) is 1. The zero-order valence-corrected chi connectivity index (χ0v) is 14.3. The Morgan fingerprint density at radius 2 is 2.05 bits per heavy atom. The predicted molar refractivity (Wildman–Crippen MR) is 86.0 cm³/mol. The average molecular weight is 346 g/mol. The van der Waals surface area contributed by atoms with Crippen LogP contribution in [0, 0.1) is 0 Å². The highest BCUT2D eigenvalue weighted by atomic mass is 79.9. The van der Waals surface area contributed by atoms with Crippen molar-refractivity contribution in [3.05, 3.63) is 20.8 Å². The van der Waals surface area contributed by atoms with Crippen molar-refractivity contribution < 1.29 is 4.74 Å². The fraction of sp³-hybridized carbons (Fsp3) is 0.733. The molecular weight excluding hydrogens is 322 g/mol. The van der Waals surface area contributed by atoms with Crippen molar-refractivity contribution in [2.24, 2.45) is 0 Å². The van der Waals surface area contributed by atoms with Gasteiger partial charge in [-0.1, -0.05) is 25.7 Å². The van der Waals surface area contributed by atoms with Gasteiger partial charge in [0.1, 0.15) is 0 Å². The standard InChI is InChI=1S/C15H24BrNOS/c1-17-14(10-13-9-12(16)11-19-13)15(18-2)7-5-3-4-6-8-15/h9,11,14,17H,3-8,10H2,1-2H3. The largest absolute Gasteiger partial charge is 0.377 e. The lowest BCUT2D eigenvalue weighted by Gasteiger charge is -2.39. The van der Waals surface area contributed by atoms with E-state index in [9.17, 15) is 0 Å². The molecule has 4 heteroatoms. The Morgan fingerprint density at radius 1 is 1.37 bits per heavy atom. The topological polar surface area (TPSA) is 21.3 Å². The van der Waals surface area contributed by atoms with Gasteiger partial charge in [-0.2, -0.15) is 0 Å². The highest BCUT2D eigenvalue weighted by molar-refractivity contribution is 9.10. The second kappa shape index (κ2) is 7.21. The van der Waals surface area contributed by atoms with Crippen LogP contribution in [0.4, 0.5) is 0 Å². The second-order valence-corrected chi connectivity index (χ2v) is 7.37. The number of ether oxygens (including phenoxy) is 1. The Morgan fingerprint density at radius 3 is 2.53 bits per heavy atom. The summed E-state index contributed by atoms with van der Waals surface area (Å²) in [7, 11) is 3.96. The van der Waals surface area contributed by atoms with Gasteiger partial charge >= 0.3 is 0 Å². The maximum atomic E-state index is 6.02. The maximum Gasteiger partial charge on any atom is 0.0834 e. The molecule has 0 saturated heterocycles. The quantitative estimate of drug-likeness (QED) is 0.799. The van der Waals surface area contributed by atoms with Gasteiger partial charge in [-0.05, 0) is 48.3 Å². The molecule has 1 saturated carbocycles. The monoisotopic (exact) mass is 345 g/mol. The molecule has 1 atom stereocenters. The molecule has 2 nitrogen and oxygen atoms in total. The van der Waals surface area contributed by atoms with Crippen LogP contribution in [0.1, 0.15) is 43.4 Å². The lowest BCUT2D eigenvalue weighted by molar-refractivity contribution is -0.0507. The molecule has 0 radical (unpaired) electrons. The summed E-state index contributed by atoms with van der Waals surface area (Å²) in [5.41, 5.74) is 0.0156. The fourth-order valence-corrected chi connectivity index (χ4v) is 4.73. The van der Waals surface area contributed by atoms with E-state index >= 15 is 0 Å². The minimum absolute atomic E-state index is 0.0156. The Kier molecular flexibility index (Phi) is 5.87. The van der Waals surface area contributed by atoms with E-state index in [0.29, 0.717) is 6.04 Å². The van der Waals surface area contributed by atoms with Crippen LogP contribution in [0.3, 0.4) is 0 Å². The summed E-state index contributed by atoms with van der Waals surface area (Å²) in [5, 5.41) is 5.68. The molecule has 1 aromatic heterocycles. The third-order valence-electron chi connectivity index (χ3n) is 4.37. The molecule has 0 amide bonds. The van der Waals surface area contributed by atoms with Gasteiger partial charge in [0.2, 0.25) is 0 Å².